The fourth-order valence-corrected chi connectivity index (χ4v) is 3.88. The van der Waals surface area contributed by atoms with Gasteiger partial charge in [-0.2, -0.15) is 5.10 Å². The van der Waals surface area contributed by atoms with Crippen LogP contribution in [0.4, 0.5) is 5.69 Å². The van der Waals surface area contributed by atoms with E-state index in [0.29, 0.717) is 16.2 Å². The van der Waals surface area contributed by atoms with Gasteiger partial charge in [0.2, 0.25) is 5.91 Å². The van der Waals surface area contributed by atoms with Gasteiger partial charge in [-0.15, -0.1) is 0 Å². The molecule has 0 saturated carbocycles. The van der Waals surface area contributed by atoms with Gasteiger partial charge in [-0.05, 0) is 56.2 Å². The molecule has 152 valence electrons. The third-order valence-corrected chi connectivity index (χ3v) is 5.41. The fourth-order valence-electron chi connectivity index (χ4n) is 3.22. The zero-order valence-corrected chi connectivity index (χ0v) is 17.7. The second-order valence-corrected chi connectivity index (χ2v) is 8.18. The zero-order valence-electron chi connectivity index (χ0n) is 16.9. The summed E-state index contributed by atoms with van der Waals surface area (Å²) in [5.41, 5.74) is 5.05. The highest BCUT2D eigenvalue weighted by atomic mass is 32.2. The number of hydrogen-bond donors (Lipinski definition) is 2. The van der Waals surface area contributed by atoms with Crippen LogP contribution >= 0.6 is 11.8 Å². The van der Waals surface area contributed by atoms with Crippen LogP contribution in [0.5, 0.6) is 0 Å². The Hall–Kier alpha value is -3.39. The molecule has 0 fully saturated rings. The molecule has 2 aromatic heterocycles. The summed E-state index contributed by atoms with van der Waals surface area (Å²) in [7, 11) is 0. The molecule has 7 nitrogen and oxygen atoms in total. The normalized spacial score (nSPS) is 11.0. The summed E-state index contributed by atoms with van der Waals surface area (Å²) >= 11 is 1.18. The lowest BCUT2D eigenvalue weighted by Crippen LogP contribution is -2.16. The van der Waals surface area contributed by atoms with E-state index >= 15 is 0 Å². The number of hydrogen-bond acceptors (Lipinski definition) is 5. The van der Waals surface area contributed by atoms with Crippen molar-refractivity contribution in [2.45, 2.75) is 25.9 Å². The third kappa shape index (κ3) is 4.28. The molecule has 30 heavy (non-hydrogen) atoms. The first-order valence-corrected chi connectivity index (χ1v) is 10.4. The standard InChI is InChI=1S/C22H21N5O2S/c1-13-4-6-17(7-5-13)27-20-18(11-23-27)21(29)26-22(25-20)30-12-19(28)24-16-9-14(2)8-15(3)10-16/h4-11H,12H2,1-3H3,(H,24,28)(H,25,26,29). The van der Waals surface area contributed by atoms with Crippen LogP contribution in [-0.4, -0.2) is 31.4 Å². The number of nitrogens with zero attached hydrogens (tertiary/aromatic N) is 3. The van der Waals surface area contributed by atoms with Crippen LogP contribution in [-0.2, 0) is 4.79 Å². The highest BCUT2D eigenvalue weighted by molar-refractivity contribution is 7.99. The van der Waals surface area contributed by atoms with Crippen LogP contribution in [0.3, 0.4) is 0 Å². The Balaban J connectivity index is 1.54. The Morgan fingerprint density at radius 1 is 1.07 bits per heavy atom. The number of benzene rings is 2. The largest absolute Gasteiger partial charge is 0.325 e. The molecule has 0 radical (unpaired) electrons. The number of fused-ring (bicyclic) bond motifs is 1. The van der Waals surface area contributed by atoms with E-state index in [1.807, 2.05) is 63.2 Å². The molecule has 0 aliphatic carbocycles. The molecular formula is C22H21N5O2S. The summed E-state index contributed by atoms with van der Waals surface area (Å²) in [6, 6.07) is 13.7. The van der Waals surface area contributed by atoms with E-state index in [2.05, 4.69) is 20.4 Å². The molecule has 2 aromatic carbocycles. The number of aryl methyl sites for hydroxylation is 3. The summed E-state index contributed by atoms with van der Waals surface area (Å²) in [6.07, 6.45) is 1.50. The van der Waals surface area contributed by atoms with Crippen LogP contribution in [0.25, 0.3) is 16.7 Å². The molecule has 1 amide bonds. The Morgan fingerprint density at radius 2 is 1.77 bits per heavy atom. The Kier molecular flexibility index (Phi) is 5.41. The maximum atomic E-state index is 12.4. The number of nitrogens with one attached hydrogen (secondary N) is 2. The maximum Gasteiger partial charge on any atom is 0.262 e. The molecule has 0 atom stereocenters. The van der Waals surface area contributed by atoms with Crippen LogP contribution in [0.2, 0.25) is 0 Å². The van der Waals surface area contributed by atoms with Gasteiger partial charge in [-0.3, -0.25) is 9.59 Å². The number of amides is 1. The van der Waals surface area contributed by atoms with Crippen LogP contribution < -0.4 is 10.9 Å². The molecule has 2 N–H and O–H groups in total. The van der Waals surface area contributed by atoms with Crippen molar-refractivity contribution in [3.05, 3.63) is 75.7 Å². The van der Waals surface area contributed by atoms with E-state index in [9.17, 15) is 9.59 Å². The summed E-state index contributed by atoms with van der Waals surface area (Å²) in [5.74, 6) is -0.0418. The number of aromatic amines is 1. The van der Waals surface area contributed by atoms with Crippen LogP contribution in [0.1, 0.15) is 16.7 Å². The number of carbonyl (C=O) groups excluding carboxylic acids is 1. The summed E-state index contributed by atoms with van der Waals surface area (Å²) in [6.45, 7) is 5.97. The summed E-state index contributed by atoms with van der Waals surface area (Å²) in [4.78, 5) is 32.1. The molecule has 0 aliphatic heterocycles. The first-order chi connectivity index (χ1) is 14.4. The lowest BCUT2D eigenvalue weighted by Gasteiger charge is -2.08. The first-order valence-electron chi connectivity index (χ1n) is 9.45. The topological polar surface area (TPSA) is 92.7 Å². The average molecular weight is 420 g/mol. The smallest absolute Gasteiger partial charge is 0.262 e. The highest BCUT2D eigenvalue weighted by Gasteiger charge is 2.13. The predicted octanol–water partition coefficient (Wildman–Crippen LogP) is 3.76. The molecule has 2 heterocycles. The molecule has 0 unspecified atom stereocenters. The number of H-pyrrole nitrogens is 1. The number of thioether (sulfide) groups is 1. The summed E-state index contributed by atoms with van der Waals surface area (Å²) < 4.78 is 1.63. The number of rotatable bonds is 5. The Labute approximate surface area is 177 Å². The molecule has 0 saturated heterocycles. The highest BCUT2D eigenvalue weighted by Crippen LogP contribution is 2.19. The van der Waals surface area contributed by atoms with Gasteiger partial charge in [-0.1, -0.05) is 35.5 Å². The van der Waals surface area contributed by atoms with Crippen molar-refractivity contribution in [1.29, 1.82) is 0 Å². The van der Waals surface area contributed by atoms with E-state index < -0.39 is 0 Å². The van der Waals surface area contributed by atoms with Gasteiger partial charge in [-0.25, -0.2) is 9.67 Å². The molecule has 4 aromatic rings. The first kappa shape index (κ1) is 19.9. The fraction of sp³-hybridized carbons (Fsp3) is 0.182. The monoisotopic (exact) mass is 419 g/mol. The zero-order chi connectivity index (χ0) is 21.3. The minimum absolute atomic E-state index is 0.125. The average Bonchev–Trinajstić information content (AvgIpc) is 3.11. The minimum Gasteiger partial charge on any atom is -0.325 e. The third-order valence-electron chi connectivity index (χ3n) is 4.54. The lowest BCUT2D eigenvalue weighted by molar-refractivity contribution is -0.113. The molecule has 4 rings (SSSR count). The van der Waals surface area contributed by atoms with Crippen molar-refractivity contribution in [1.82, 2.24) is 19.7 Å². The Morgan fingerprint density at radius 3 is 2.47 bits per heavy atom. The van der Waals surface area contributed by atoms with E-state index in [4.69, 9.17) is 0 Å². The molecule has 0 aliphatic rings. The van der Waals surface area contributed by atoms with Gasteiger partial charge in [0.25, 0.3) is 5.56 Å². The van der Waals surface area contributed by atoms with Crippen molar-refractivity contribution in [2.24, 2.45) is 0 Å². The van der Waals surface area contributed by atoms with Crippen molar-refractivity contribution >= 4 is 34.4 Å². The van der Waals surface area contributed by atoms with Crippen molar-refractivity contribution < 1.29 is 4.79 Å². The van der Waals surface area contributed by atoms with E-state index in [-0.39, 0.29) is 17.2 Å². The lowest BCUT2D eigenvalue weighted by atomic mass is 10.1. The minimum atomic E-state index is -0.282. The van der Waals surface area contributed by atoms with Crippen LogP contribution in [0, 0.1) is 20.8 Å². The van der Waals surface area contributed by atoms with Gasteiger partial charge in [0.05, 0.1) is 17.6 Å². The van der Waals surface area contributed by atoms with E-state index in [0.717, 1.165) is 28.1 Å². The van der Waals surface area contributed by atoms with Crippen molar-refractivity contribution in [3.63, 3.8) is 0 Å². The number of carbonyl (C=O) groups is 1. The predicted molar refractivity (Wildman–Crippen MR) is 119 cm³/mol. The second kappa shape index (κ2) is 8.16. The van der Waals surface area contributed by atoms with Crippen molar-refractivity contribution in [3.8, 4) is 5.69 Å². The molecule has 0 bridgehead atoms. The molecule has 8 heteroatoms. The Bertz CT molecular complexity index is 1270. The van der Waals surface area contributed by atoms with Gasteiger partial charge in [0.15, 0.2) is 10.8 Å². The molecular weight excluding hydrogens is 398 g/mol. The van der Waals surface area contributed by atoms with Gasteiger partial charge in [0.1, 0.15) is 5.39 Å². The van der Waals surface area contributed by atoms with Gasteiger partial charge in [0, 0.05) is 5.69 Å². The van der Waals surface area contributed by atoms with Crippen molar-refractivity contribution in [2.75, 3.05) is 11.1 Å². The maximum absolute atomic E-state index is 12.4. The van der Waals surface area contributed by atoms with Gasteiger partial charge < -0.3 is 10.3 Å². The summed E-state index contributed by atoms with van der Waals surface area (Å²) in [5, 5.41) is 7.97. The van der Waals surface area contributed by atoms with E-state index in [1.54, 1.807) is 4.68 Å². The quantitative estimate of drug-likeness (QED) is 0.379. The van der Waals surface area contributed by atoms with Crippen LogP contribution in [0.15, 0.2) is 58.6 Å². The molecule has 0 spiro atoms. The number of anilines is 1. The SMILES string of the molecule is Cc1ccc(-n2ncc3c(=O)[nH]c(SCC(=O)Nc4cc(C)cc(C)c4)nc32)cc1. The van der Waals surface area contributed by atoms with Gasteiger partial charge >= 0.3 is 0 Å². The second-order valence-electron chi connectivity index (χ2n) is 7.21. The number of aromatic nitrogens is 4. The van der Waals surface area contributed by atoms with E-state index in [1.165, 1.54) is 18.0 Å².